The largest absolute Gasteiger partial charge is 0.208 e. The van der Waals surface area contributed by atoms with Crippen molar-refractivity contribution in [2.75, 3.05) is 0 Å². The lowest BCUT2D eigenvalue weighted by Gasteiger charge is -2.24. The zero-order chi connectivity index (χ0) is 13.9. The summed E-state index contributed by atoms with van der Waals surface area (Å²) in [7, 11) is 2.12. The molecule has 1 nitrogen and oxygen atoms in total. The number of rotatable bonds is 3. The van der Waals surface area contributed by atoms with E-state index in [0.29, 0.717) is 0 Å². The molecule has 2 aromatic rings. The molecule has 1 aliphatic carbocycles. The van der Waals surface area contributed by atoms with Gasteiger partial charge in [-0.2, -0.15) is 0 Å². The smallest absolute Gasteiger partial charge is 0.171 e. The molecule has 3 rings (SSSR count). The Morgan fingerprint density at radius 1 is 1.20 bits per heavy atom. The highest BCUT2D eigenvalue weighted by Crippen LogP contribution is 2.34. The normalized spacial score (nSPS) is 17.8. The van der Waals surface area contributed by atoms with Gasteiger partial charge in [-0.05, 0) is 61.3 Å². The first-order valence-corrected chi connectivity index (χ1v) is 8.24. The molecule has 0 bridgehead atoms. The Bertz CT molecular complexity index is 589. The number of nitrogens with zero attached hydrogens (tertiary/aromatic N) is 1. The van der Waals surface area contributed by atoms with E-state index in [1.54, 1.807) is 11.1 Å². The molecule has 20 heavy (non-hydrogen) atoms. The fraction of sp³-hybridized carbons (Fsp3) is 0.389. The minimum atomic E-state index is 0.739. The highest BCUT2D eigenvalue weighted by Gasteiger charge is 2.21. The van der Waals surface area contributed by atoms with Gasteiger partial charge >= 0.3 is 0 Å². The second kappa shape index (κ2) is 6.09. The van der Waals surface area contributed by atoms with Gasteiger partial charge in [0.2, 0.25) is 0 Å². The lowest BCUT2D eigenvalue weighted by molar-refractivity contribution is -0.672. The van der Waals surface area contributed by atoms with Crippen molar-refractivity contribution >= 4 is 15.9 Å². The van der Waals surface area contributed by atoms with Crippen LogP contribution in [-0.4, -0.2) is 0 Å². The summed E-state index contributed by atoms with van der Waals surface area (Å²) in [6.45, 7) is 0. The van der Waals surface area contributed by atoms with Gasteiger partial charge in [0.25, 0.3) is 0 Å². The van der Waals surface area contributed by atoms with Gasteiger partial charge < -0.3 is 0 Å². The molecule has 104 valence electrons. The molecule has 0 aliphatic heterocycles. The zero-order valence-electron chi connectivity index (χ0n) is 12.0. The number of fused-ring (bicyclic) bond motifs is 1. The van der Waals surface area contributed by atoms with Crippen LogP contribution in [0.5, 0.6) is 0 Å². The molecule has 0 radical (unpaired) electrons. The topological polar surface area (TPSA) is 3.88 Å². The first-order valence-electron chi connectivity index (χ1n) is 7.45. The van der Waals surface area contributed by atoms with E-state index in [9.17, 15) is 0 Å². The van der Waals surface area contributed by atoms with Crippen LogP contribution in [0.4, 0.5) is 0 Å². The highest BCUT2D eigenvalue weighted by molar-refractivity contribution is 9.10. The summed E-state index contributed by atoms with van der Waals surface area (Å²) < 4.78 is 3.34. The van der Waals surface area contributed by atoms with Crippen LogP contribution in [-0.2, 0) is 19.9 Å². The molecule has 1 heterocycles. The number of hydrogen-bond acceptors (Lipinski definition) is 0. The monoisotopic (exact) mass is 330 g/mol. The van der Waals surface area contributed by atoms with Crippen LogP contribution in [0.15, 0.2) is 47.2 Å². The van der Waals surface area contributed by atoms with E-state index in [1.165, 1.54) is 37.7 Å². The van der Waals surface area contributed by atoms with Crippen LogP contribution < -0.4 is 4.57 Å². The van der Waals surface area contributed by atoms with Gasteiger partial charge in [0, 0.05) is 16.1 Å². The van der Waals surface area contributed by atoms with E-state index in [0.717, 1.165) is 10.4 Å². The molecule has 2 heteroatoms. The average molecular weight is 331 g/mol. The van der Waals surface area contributed by atoms with Crippen LogP contribution in [0, 0.1) is 0 Å². The molecule has 1 aliphatic rings. The van der Waals surface area contributed by atoms with Crippen molar-refractivity contribution in [2.45, 2.75) is 38.0 Å². The maximum Gasteiger partial charge on any atom is 0.171 e. The second-order valence-electron chi connectivity index (χ2n) is 5.85. The van der Waals surface area contributed by atoms with Gasteiger partial charge in [-0.3, -0.25) is 0 Å². The quantitative estimate of drug-likeness (QED) is 0.737. The number of aryl methyl sites for hydroxylation is 3. The molecule has 1 aromatic carbocycles. The van der Waals surface area contributed by atoms with Crippen LogP contribution in [0.2, 0.25) is 0 Å². The molecule has 0 spiro atoms. The van der Waals surface area contributed by atoms with Gasteiger partial charge in [0.1, 0.15) is 7.05 Å². The Labute approximate surface area is 129 Å². The molecule has 0 amide bonds. The maximum atomic E-state index is 3.50. The van der Waals surface area contributed by atoms with Gasteiger partial charge in [0.05, 0.1) is 0 Å². The first kappa shape index (κ1) is 13.8. The van der Waals surface area contributed by atoms with Gasteiger partial charge in [-0.25, -0.2) is 4.57 Å². The third kappa shape index (κ3) is 3.12. The number of pyridine rings is 1. The Kier molecular flexibility index (Phi) is 4.21. The van der Waals surface area contributed by atoms with E-state index in [-0.39, 0.29) is 0 Å². The van der Waals surface area contributed by atoms with Crippen molar-refractivity contribution in [2.24, 2.45) is 7.05 Å². The summed E-state index contributed by atoms with van der Waals surface area (Å²) >= 11 is 3.50. The SMILES string of the molecule is C[n+]1ccc2c(c1)CCCC2CCc1ccc(Br)cc1. The van der Waals surface area contributed by atoms with Crippen molar-refractivity contribution in [3.8, 4) is 0 Å². The number of aromatic nitrogens is 1. The molecule has 0 N–H and O–H groups in total. The molecular weight excluding hydrogens is 310 g/mol. The van der Waals surface area contributed by atoms with E-state index in [4.69, 9.17) is 0 Å². The summed E-state index contributed by atoms with van der Waals surface area (Å²) in [4.78, 5) is 0. The summed E-state index contributed by atoms with van der Waals surface area (Å²) in [5.74, 6) is 0.739. The Morgan fingerprint density at radius 2 is 2.00 bits per heavy atom. The fourth-order valence-electron chi connectivity index (χ4n) is 3.26. The maximum absolute atomic E-state index is 3.50. The molecule has 0 fully saturated rings. The summed E-state index contributed by atoms with van der Waals surface area (Å²) in [5, 5.41) is 0. The number of halogens is 1. The lowest BCUT2D eigenvalue weighted by atomic mass is 9.81. The number of benzene rings is 1. The minimum Gasteiger partial charge on any atom is -0.208 e. The Hall–Kier alpha value is -1.15. The Balaban J connectivity index is 1.71. The third-order valence-corrected chi connectivity index (χ3v) is 4.88. The lowest BCUT2D eigenvalue weighted by Crippen LogP contribution is -2.29. The van der Waals surface area contributed by atoms with Crippen molar-refractivity contribution in [1.29, 1.82) is 0 Å². The summed E-state index contributed by atoms with van der Waals surface area (Å²) in [6.07, 6.45) is 10.9. The zero-order valence-corrected chi connectivity index (χ0v) is 13.6. The molecule has 1 aromatic heterocycles. The highest BCUT2D eigenvalue weighted by atomic mass is 79.9. The van der Waals surface area contributed by atoms with Crippen molar-refractivity contribution in [3.63, 3.8) is 0 Å². The summed E-state index contributed by atoms with van der Waals surface area (Å²) in [6, 6.07) is 11.1. The predicted molar refractivity (Wildman–Crippen MR) is 85.8 cm³/mol. The Morgan fingerprint density at radius 3 is 2.80 bits per heavy atom. The van der Waals surface area contributed by atoms with Crippen molar-refractivity contribution in [3.05, 3.63) is 63.9 Å². The van der Waals surface area contributed by atoms with E-state index in [1.807, 2.05) is 0 Å². The molecule has 0 saturated carbocycles. The van der Waals surface area contributed by atoms with Crippen molar-refractivity contribution < 1.29 is 4.57 Å². The molecule has 0 saturated heterocycles. The minimum absolute atomic E-state index is 0.739. The molecule has 1 atom stereocenters. The van der Waals surface area contributed by atoms with Crippen LogP contribution >= 0.6 is 15.9 Å². The van der Waals surface area contributed by atoms with E-state index < -0.39 is 0 Å². The molecule has 1 unspecified atom stereocenters. The van der Waals surface area contributed by atoms with Crippen LogP contribution in [0.25, 0.3) is 0 Å². The fourth-order valence-corrected chi connectivity index (χ4v) is 3.53. The van der Waals surface area contributed by atoms with Gasteiger partial charge in [0.15, 0.2) is 12.4 Å². The van der Waals surface area contributed by atoms with E-state index in [2.05, 4.69) is 70.3 Å². The average Bonchev–Trinajstić information content (AvgIpc) is 2.46. The van der Waals surface area contributed by atoms with E-state index >= 15 is 0 Å². The van der Waals surface area contributed by atoms with Gasteiger partial charge in [-0.15, -0.1) is 0 Å². The standard InChI is InChI=1S/C18H21BrN/c1-20-12-11-18-15(3-2-4-16(18)13-20)8-5-14-6-9-17(19)10-7-14/h6-7,9-13,15H,2-5,8H2,1H3/q+1. The molecular formula is C18H21BrN+. The van der Waals surface area contributed by atoms with Crippen LogP contribution in [0.3, 0.4) is 0 Å². The third-order valence-electron chi connectivity index (χ3n) is 4.35. The van der Waals surface area contributed by atoms with Gasteiger partial charge in [-0.1, -0.05) is 28.1 Å². The second-order valence-corrected chi connectivity index (χ2v) is 6.76. The predicted octanol–water partition coefficient (Wildman–Crippen LogP) is 4.33. The van der Waals surface area contributed by atoms with Crippen LogP contribution in [0.1, 0.15) is 41.9 Å². The summed E-state index contributed by atoms with van der Waals surface area (Å²) in [5.41, 5.74) is 4.59. The number of hydrogen-bond donors (Lipinski definition) is 0. The first-order chi connectivity index (χ1) is 9.72. The van der Waals surface area contributed by atoms with Crippen molar-refractivity contribution in [1.82, 2.24) is 0 Å².